The van der Waals surface area contributed by atoms with E-state index in [2.05, 4.69) is 37.6 Å². The molecule has 0 heterocycles. The minimum atomic E-state index is 0.744. The predicted molar refractivity (Wildman–Crippen MR) is 83.4 cm³/mol. The van der Waals surface area contributed by atoms with Gasteiger partial charge in [0.2, 0.25) is 0 Å². The zero-order chi connectivity index (χ0) is 14.1. The molecule has 0 spiro atoms. The van der Waals surface area contributed by atoms with Crippen LogP contribution in [0.1, 0.15) is 16.7 Å². The van der Waals surface area contributed by atoms with Crippen LogP contribution in [-0.4, -0.2) is 38.9 Å². The fourth-order valence-corrected chi connectivity index (χ4v) is 2.25. The third-order valence-corrected chi connectivity index (χ3v) is 3.44. The Morgan fingerprint density at radius 2 is 1.84 bits per heavy atom. The molecule has 0 bridgehead atoms. The summed E-state index contributed by atoms with van der Waals surface area (Å²) < 4.78 is 10.9. The fraction of sp³-hybridized carbons (Fsp3) is 0.600. The Labute approximate surface area is 121 Å². The Kier molecular flexibility index (Phi) is 7.94. The molecule has 1 rings (SSSR count). The lowest BCUT2D eigenvalue weighted by Crippen LogP contribution is -2.18. The van der Waals surface area contributed by atoms with Gasteiger partial charge in [-0.05, 0) is 36.8 Å². The van der Waals surface area contributed by atoms with Gasteiger partial charge in [0.25, 0.3) is 0 Å². The summed E-state index contributed by atoms with van der Waals surface area (Å²) in [4.78, 5) is 0. The summed E-state index contributed by atoms with van der Waals surface area (Å²) in [6.07, 6.45) is 2.10. The smallest absolute Gasteiger partial charge is 0.125 e. The lowest BCUT2D eigenvalue weighted by atomic mass is 10.1. The molecule has 0 unspecified atom stereocenters. The van der Waals surface area contributed by atoms with Gasteiger partial charge in [0.1, 0.15) is 5.75 Å². The third-order valence-electron chi connectivity index (χ3n) is 2.87. The first-order valence-corrected chi connectivity index (χ1v) is 8.00. The van der Waals surface area contributed by atoms with Gasteiger partial charge in [0.15, 0.2) is 0 Å². The maximum Gasteiger partial charge on any atom is 0.125 e. The van der Waals surface area contributed by atoms with Gasteiger partial charge in [-0.3, -0.25) is 0 Å². The van der Waals surface area contributed by atoms with Crippen LogP contribution in [0.15, 0.2) is 12.1 Å². The highest BCUT2D eigenvalue weighted by Crippen LogP contribution is 2.25. The van der Waals surface area contributed by atoms with Crippen LogP contribution in [0.2, 0.25) is 0 Å². The SMILES string of the molecule is COCCNCc1cc(C)c(OCCSC)c(C)c1. The number of benzene rings is 1. The van der Waals surface area contributed by atoms with Crippen LogP contribution in [0.3, 0.4) is 0 Å². The summed E-state index contributed by atoms with van der Waals surface area (Å²) in [6, 6.07) is 4.39. The van der Waals surface area contributed by atoms with Crippen LogP contribution >= 0.6 is 11.8 Å². The molecule has 4 heteroatoms. The minimum absolute atomic E-state index is 0.744. The fourth-order valence-electron chi connectivity index (χ4n) is 2.00. The van der Waals surface area contributed by atoms with Crippen molar-refractivity contribution in [3.8, 4) is 5.75 Å². The van der Waals surface area contributed by atoms with Crippen LogP contribution in [0, 0.1) is 13.8 Å². The van der Waals surface area contributed by atoms with Gasteiger partial charge in [-0.25, -0.2) is 0 Å². The van der Waals surface area contributed by atoms with Crippen molar-refractivity contribution in [3.05, 3.63) is 28.8 Å². The van der Waals surface area contributed by atoms with Gasteiger partial charge in [-0.2, -0.15) is 11.8 Å². The molecule has 0 aromatic heterocycles. The molecule has 0 aliphatic rings. The van der Waals surface area contributed by atoms with Crippen LogP contribution in [0.4, 0.5) is 0 Å². The Morgan fingerprint density at radius 1 is 1.16 bits per heavy atom. The van der Waals surface area contributed by atoms with Crippen LogP contribution < -0.4 is 10.1 Å². The van der Waals surface area contributed by atoms with E-state index in [-0.39, 0.29) is 0 Å². The zero-order valence-electron chi connectivity index (χ0n) is 12.4. The van der Waals surface area contributed by atoms with Crippen molar-refractivity contribution in [2.45, 2.75) is 20.4 Å². The van der Waals surface area contributed by atoms with Gasteiger partial charge in [0.05, 0.1) is 13.2 Å². The molecule has 0 radical (unpaired) electrons. The molecule has 0 saturated heterocycles. The maximum absolute atomic E-state index is 5.84. The number of hydrogen-bond acceptors (Lipinski definition) is 4. The Morgan fingerprint density at radius 3 is 2.42 bits per heavy atom. The van der Waals surface area contributed by atoms with E-state index in [4.69, 9.17) is 9.47 Å². The average molecular weight is 283 g/mol. The molecule has 0 amide bonds. The molecule has 1 aromatic rings. The highest BCUT2D eigenvalue weighted by Gasteiger charge is 2.06. The first kappa shape index (κ1) is 16.3. The summed E-state index contributed by atoms with van der Waals surface area (Å²) in [5, 5.41) is 3.36. The Hall–Kier alpha value is -0.710. The van der Waals surface area contributed by atoms with E-state index in [9.17, 15) is 0 Å². The zero-order valence-corrected chi connectivity index (χ0v) is 13.2. The molecular formula is C15H25NO2S. The lowest BCUT2D eigenvalue weighted by Gasteiger charge is -2.14. The highest BCUT2D eigenvalue weighted by atomic mass is 32.2. The molecule has 3 nitrogen and oxygen atoms in total. The van der Waals surface area contributed by atoms with Crippen molar-refractivity contribution in [1.29, 1.82) is 0 Å². The van der Waals surface area contributed by atoms with Crippen LogP contribution in [-0.2, 0) is 11.3 Å². The van der Waals surface area contributed by atoms with E-state index in [1.807, 2.05) is 0 Å². The molecule has 0 aliphatic heterocycles. The predicted octanol–water partition coefficient (Wildman–Crippen LogP) is 2.78. The van der Waals surface area contributed by atoms with Crippen molar-refractivity contribution in [1.82, 2.24) is 5.32 Å². The summed E-state index contributed by atoms with van der Waals surface area (Å²) in [7, 11) is 1.72. The highest BCUT2D eigenvalue weighted by molar-refractivity contribution is 7.98. The van der Waals surface area contributed by atoms with Crippen molar-refractivity contribution >= 4 is 11.8 Å². The normalized spacial score (nSPS) is 10.7. The third kappa shape index (κ3) is 5.85. The monoisotopic (exact) mass is 283 g/mol. The van der Waals surface area contributed by atoms with E-state index in [0.717, 1.165) is 37.8 Å². The van der Waals surface area contributed by atoms with Gasteiger partial charge in [0, 0.05) is 26.0 Å². The molecule has 0 fully saturated rings. The molecule has 0 atom stereocenters. The van der Waals surface area contributed by atoms with Crippen molar-refractivity contribution in [3.63, 3.8) is 0 Å². The molecule has 1 N–H and O–H groups in total. The van der Waals surface area contributed by atoms with Gasteiger partial charge >= 0.3 is 0 Å². The molecule has 0 aliphatic carbocycles. The van der Waals surface area contributed by atoms with Crippen LogP contribution in [0.5, 0.6) is 5.75 Å². The number of thioether (sulfide) groups is 1. The largest absolute Gasteiger partial charge is 0.492 e. The molecule has 108 valence electrons. The molecule has 19 heavy (non-hydrogen) atoms. The second-order valence-corrected chi connectivity index (χ2v) is 5.56. The topological polar surface area (TPSA) is 30.5 Å². The Balaban J connectivity index is 2.57. The van der Waals surface area contributed by atoms with Gasteiger partial charge in [-0.1, -0.05) is 12.1 Å². The van der Waals surface area contributed by atoms with E-state index >= 15 is 0 Å². The van der Waals surface area contributed by atoms with Crippen molar-refractivity contribution in [2.75, 3.05) is 38.9 Å². The quantitative estimate of drug-likeness (QED) is 0.706. The Bertz CT molecular complexity index is 359. The van der Waals surface area contributed by atoms with E-state index in [1.165, 1.54) is 16.7 Å². The van der Waals surface area contributed by atoms with E-state index in [1.54, 1.807) is 18.9 Å². The number of aryl methyl sites for hydroxylation is 2. The summed E-state index contributed by atoms with van der Waals surface area (Å²) in [5.41, 5.74) is 3.72. The second-order valence-electron chi connectivity index (χ2n) is 4.57. The first-order valence-electron chi connectivity index (χ1n) is 6.60. The van der Waals surface area contributed by atoms with Crippen LogP contribution in [0.25, 0.3) is 0 Å². The number of methoxy groups -OCH3 is 1. The molecular weight excluding hydrogens is 258 g/mol. The van der Waals surface area contributed by atoms with Crippen molar-refractivity contribution < 1.29 is 9.47 Å². The van der Waals surface area contributed by atoms with E-state index in [0.29, 0.717) is 0 Å². The lowest BCUT2D eigenvalue weighted by molar-refractivity contribution is 0.199. The number of nitrogens with one attached hydrogen (secondary N) is 1. The van der Waals surface area contributed by atoms with Gasteiger partial charge < -0.3 is 14.8 Å². The van der Waals surface area contributed by atoms with E-state index < -0.39 is 0 Å². The van der Waals surface area contributed by atoms with Gasteiger partial charge in [-0.15, -0.1) is 0 Å². The summed E-state index contributed by atoms with van der Waals surface area (Å²) >= 11 is 1.80. The first-order chi connectivity index (χ1) is 9.19. The molecule has 0 saturated carbocycles. The standard InChI is InChI=1S/C15H25NO2S/c1-12-9-14(11-16-5-6-17-3)10-13(2)15(12)18-7-8-19-4/h9-10,16H,5-8,11H2,1-4H3. The summed E-state index contributed by atoms with van der Waals surface area (Å²) in [5.74, 6) is 2.06. The second kappa shape index (κ2) is 9.23. The number of ether oxygens (including phenoxy) is 2. The van der Waals surface area contributed by atoms with Crippen molar-refractivity contribution in [2.24, 2.45) is 0 Å². The summed E-state index contributed by atoms with van der Waals surface area (Å²) in [6.45, 7) is 7.49. The minimum Gasteiger partial charge on any atom is -0.492 e. The molecule has 1 aromatic carbocycles. The number of rotatable bonds is 9. The maximum atomic E-state index is 5.84. The average Bonchev–Trinajstić information content (AvgIpc) is 2.38. The number of hydrogen-bond donors (Lipinski definition) is 1.